The van der Waals surface area contributed by atoms with E-state index in [4.69, 9.17) is 4.74 Å². The van der Waals surface area contributed by atoms with E-state index in [1.165, 1.54) is 0 Å². The van der Waals surface area contributed by atoms with E-state index in [-0.39, 0.29) is 36.5 Å². The van der Waals surface area contributed by atoms with Gasteiger partial charge in [0.05, 0.1) is 18.1 Å². The van der Waals surface area contributed by atoms with E-state index in [1.807, 2.05) is 12.1 Å². The number of aliphatic hydroxyl groups is 1. The van der Waals surface area contributed by atoms with Crippen LogP contribution in [0.15, 0.2) is 24.3 Å². The molecule has 1 N–H and O–H groups in total. The van der Waals surface area contributed by atoms with E-state index in [0.29, 0.717) is 56.6 Å². The minimum absolute atomic E-state index is 0.0451. The number of carbonyl (C=O) groups is 3. The molecule has 3 aliphatic heterocycles. The second-order valence-electron chi connectivity index (χ2n) is 8.45. The molecule has 7 heteroatoms. The zero-order chi connectivity index (χ0) is 20.6. The number of carbonyl (C=O) groups excluding carboxylic acids is 3. The third kappa shape index (κ3) is 3.88. The van der Waals surface area contributed by atoms with E-state index in [9.17, 15) is 19.5 Å². The number of amides is 2. The van der Waals surface area contributed by atoms with Crippen LogP contribution in [0.5, 0.6) is 5.75 Å². The fraction of sp³-hybridized carbons (Fsp3) is 0.591. The average Bonchev–Trinajstić information content (AvgIpc) is 2.87. The molecule has 2 saturated heterocycles. The Bertz CT molecular complexity index is 817. The van der Waals surface area contributed by atoms with Gasteiger partial charge in [-0.2, -0.15) is 0 Å². The average molecular weight is 400 g/mol. The first kappa shape index (κ1) is 19.9. The van der Waals surface area contributed by atoms with Crippen molar-refractivity contribution >= 4 is 17.6 Å². The maximum Gasteiger partial charge on any atom is 0.245 e. The van der Waals surface area contributed by atoms with Gasteiger partial charge in [0.15, 0.2) is 5.78 Å². The summed E-state index contributed by atoms with van der Waals surface area (Å²) in [5.74, 6) is 0.478. The highest BCUT2D eigenvalue weighted by molar-refractivity contribution is 6.00. The normalized spacial score (nSPS) is 26.7. The molecular formula is C22H28N2O5. The summed E-state index contributed by atoms with van der Waals surface area (Å²) in [6, 6.07) is 6.68. The second kappa shape index (κ2) is 7.78. The maximum absolute atomic E-state index is 12.9. The van der Waals surface area contributed by atoms with Crippen molar-refractivity contribution in [3.63, 3.8) is 0 Å². The number of ketones is 1. The Morgan fingerprint density at radius 1 is 1.17 bits per heavy atom. The van der Waals surface area contributed by atoms with Gasteiger partial charge in [0, 0.05) is 32.5 Å². The number of piperidine rings is 1. The standard InChI is InChI=1S/C22H28N2O5/c1-15(21(28)23-11-7-16(25)8-12-23)24-13-10-22(9-6-20(24)27)14-18(26)17-4-2-3-5-19(17)29-22/h2-5,15-16,25H,6-14H2,1H3/t15-,22+/m0/s1. The monoisotopic (exact) mass is 400 g/mol. The first-order valence-corrected chi connectivity index (χ1v) is 10.5. The van der Waals surface area contributed by atoms with E-state index in [2.05, 4.69) is 0 Å². The highest BCUT2D eigenvalue weighted by atomic mass is 16.5. The predicted octanol–water partition coefficient (Wildman–Crippen LogP) is 1.77. The molecule has 0 radical (unpaired) electrons. The molecule has 0 bridgehead atoms. The number of fused-ring (bicyclic) bond motifs is 1. The number of ether oxygens (including phenoxy) is 1. The smallest absolute Gasteiger partial charge is 0.245 e. The number of hydrogen-bond acceptors (Lipinski definition) is 5. The lowest BCUT2D eigenvalue weighted by Gasteiger charge is -2.38. The minimum Gasteiger partial charge on any atom is -0.486 e. The highest BCUT2D eigenvalue weighted by Gasteiger charge is 2.44. The summed E-state index contributed by atoms with van der Waals surface area (Å²) in [6.07, 6.45) is 2.31. The molecule has 3 aliphatic rings. The number of Topliss-reactive ketones (excluding diaryl/α,β-unsaturated/α-hetero) is 1. The molecular weight excluding hydrogens is 372 g/mol. The molecule has 4 rings (SSSR count). The lowest BCUT2D eigenvalue weighted by atomic mass is 9.84. The number of benzene rings is 1. The molecule has 29 heavy (non-hydrogen) atoms. The van der Waals surface area contributed by atoms with Gasteiger partial charge in [0.1, 0.15) is 17.4 Å². The summed E-state index contributed by atoms with van der Waals surface area (Å²) in [4.78, 5) is 41.8. The van der Waals surface area contributed by atoms with Gasteiger partial charge < -0.3 is 19.6 Å². The lowest BCUT2D eigenvalue weighted by molar-refractivity contribution is -0.146. The first-order valence-electron chi connectivity index (χ1n) is 10.5. The number of aliphatic hydroxyl groups excluding tert-OH is 1. The van der Waals surface area contributed by atoms with Crippen LogP contribution in [0.1, 0.15) is 55.8 Å². The van der Waals surface area contributed by atoms with Crippen LogP contribution in [0.3, 0.4) is 0 Å². The molecule has 2 atom stereocenters. The summed E-state index contributed by atoms with van der Waals surface area (Å²) < 4.78 is 6.25. The Morgan fingerprint density at radius 3 is 2.66 bits per heavy atom. The van der Waals surface area contributed by atoms with Crippen LogP contribution >= 0.6 is 0 Å². The number of para-hydroxylation sites is 1. The molecule has 1 aromatic rings. The van der Waals surface area contributed by atoms with Gasteiger partial charge >= 0.3 is 0 Å². The van der Waals surface area contributed by atoms with Crippen molar-refractivity contribution in [1.29, 1.82) is 0 Å². The molecule has 1 spiro atoms. The Kier molecular flexibility index (Phi) is 5.34. The Hall–Kier alpha value is -2.41. The fourth-order valence-electron chi connectivity index (χ4n) is 4.67. The van der Waals surface area contributed by atoms with Crippen LogP contribution in [0.4, 0.5) is 0 Å². The van der Waals surface area contributed by atoms with Gasteiger partial charge in [-0.1, -0.05) is 12.1 Å². The van der Waals surface area contributed by atoms with Crippen molar-refractivity contribution in [1.82, 2.24) is 9.80 Å². The highest BCUT2D eigenvalue weighted by Crippen LogP contribution is 2.39. The molecule has 0 aromatic heterocycles. The van der Waals surface area contributed by atoms with Crippen molar-refractivity contribution in [2.24, 2.45) is 0 Å². The van der Waals surface area contributed by atoms with Crippen molar-refractivity contribution in [3.05, 3.63) is 29.8 Å². The van der Waals surface area contributed by atoms with Gasteiger partial charge in [0.25, 0.3) is 0 Å². The quantitative estimate of drug-likeness (QED) is 0.818. The topological polar surface area (TPSA) is 87.2 Å². The SMILES string of the molecule is C[C@@H](C(=O)N1CCC(O)CC1)N1CC[C@]2(CCC1=O)CC(=O)c1ccccc1O2. The number of rotatable bonds is 2. The lowest BCUT2D eigenvalue weighted by Crippen LogP contribution is -2.52. The molecule has 7 nitrogen and oxygen atoms in total. The maximum atomic E-state index is 12.9. The third-order valence-electron chi connectivity index (χ3n) is 6.52. The molecule has 2 fully saturated rings. The molecule has 0 aliphatic carbocycles. The third-order valence-corrected chi connectivity index (χ3v) is 6.52. The molecule has 3 heterocycles. The van der Waals surface area contributed by atoms with Crippen molar-refractivity contribution in [2.45, 2.75) is 63.2 Å². The summed E-state index contributed by atoms with van der Waals surface area (Å²) in [7, 11) is 0. The van der Waals surface area contributed by atoms with Crippen LogP contribution in [0.2, 0.25) is 0 Å². The fourth-order valence-corrected chi connectivity index (χ4v) is 4.67. The van der Waals surface area contributed by atoms with Gasteiger partial charge in [-0.25, -0.2) is 0 Å². The van der Waals surface area contributed by atoms with E-state index < -0.39 is 11.6 Å². The summed E-state index contributed by atoms with van der Waals surface area (Å²) in [5.41, 5.74) is -0.0882. The van der Waals surface area contributed by atoms with E-state index in [1.54, 1.807) is 28.9 Å². The Balaban J connectivity index is 1.47. The molecule has 1 aromatic carbocycles. The molecule has 156 valence electrons. The molecule has 2 amide bonds. The van der Waals surface area contributed by atoms with Crippen LogP contribution in [-0.4, -0.2) is 69.9 Å². The Labute approximate surface area is 170 Å². The molecule has 0 unspecified atom stereocenters. The zero-order valence-corrected chi connectivity index (χ0v) is 16.8. The van der Waals surface area contributed by atoms with Crippen molar-refractivity contribution in [2.75, 3.05) is 19.6 Å². The van der Waals surface area contributed by atoms with Gasteiger partial charge in [-0.15, -0.1) is 0 Å². The van der Waals surface area contributed by atoms with Gasteiger partial charge in [-0.05, 0) is 38.3 Å². The van der Waals surface area contributed by atoms with Crippen molar-refractivity contribution < 1.29 is 24.2 Å². The van der Waals surface area contributed by atoms with Gasteiger partial charge in [-0.3, -0.25) is 14.4 Å². The number of hydrogen-bond donors (Lipinski definition) is 1. The van der Waals surface area contributed by atoms with Crippen molar-refractivity contribution in [3.8, 4) is 5.75 Å². The molecule has 0 saturated carbocycles. The predicted molar refractivity (Wildman–Crippen MR) is 106 cm³/mol. The number of likely N-dealkylation sites (tertiary alicyclic amines) is 2. The first-order chi connectivity index (χ1) is 13.9. The minimum atomic E-state index is -0.687. The second-order valence-corrected chi connectivity index (χ2v) is 8.45. The van der Waals surface area contributed by atoms with E-state index in [0.717, 1.165) is 0 Å². The zero-order valence-electron chi connectivity index (χ0n) is 16.8. The summed E-state index contributed by atoms with van der Waals surface area (Å²) in [5, 5.41) is 9.66. The summed E-state index contributed by atoms with van der Waals surface area (Å²) in [6.45, 7) is 3.19. The van der Waals surface area contributed by atoms with Crippen LogP contribution in [-0.2, 0) is 9.59 Å². The van der Waals surface area contributed by atoms with Crippen LogP contribution < -0.4 is 4.74 Å². The summed E-state index contributed by atoms with van der Waals surface area (Å²) >= 11 is 0. The van der Waals surface area contributed by atoms with Crippen LogP contribution in [0.25, 0.3) is 0 Å². The van der Waals surface area contributed by atoms with E-state index >= 15 is 0 Å². The van der Waals surface area contributed by atoms with Crippen LogP contribution in [0, 0.1) is 0 Å². The Morgan fingerprint density at radius 2 is 1.90 bits per heavy atom. The largest absolute Gasteiger partial charge is 0.486 e. The van der Waals surface area contributed by atoms with Gasteiger partial charge in [0.2, 0.25) is 11.8 Å². The number of nitrogens with zero attached hydrogens (tertiary/aromatic N) is 2.